The minimum absolute atomic E-state index is 0.00444. The summed E-state index contributed by atoms with van der Waals surface area (Å²) >= 11 is 0. The Hall–Kier alpha value is -3.15. The second-order valence-electron chi connectivity index (χ2n) is 5.89. The summed E-state index contributed by atoms with van der Waals surface area (Å²) in [5.41, 5.74) is 2.87. The van der Waals surface area contributed by atoms with Crippen LogP contribution in [0.15, 0.2) is 53.1 Å². The lowest BCUT2D eigenvalue weighted by atomic mass is 10.1. The van der Waals surface area contributed by atoms with Crippen LogP contribution in [0, 0.1) is 6.92 Å². The van der Waals surface area contributed by atoms with Gasteiger partial charge in [-0.25, -0.2) is 0 Å². The lowest BCUT2D eigenvalue weighted by molar-refractivity contribution is -0.130. The first kappa shape index (κ1) is 16.7. The number of hydrogen-bond acceptors (Lipinski definition) is 5. The number of carbonyl (C=O) groups is 1. The van der Waals surface area contributed by atoms with E-state index in [1.807, 2.05) is 43.3 Å². The van der Waals surface area contributed by atoms with Crippen LogP contribution < -0.4 is 4.74 Å². The van der Waals surface area contributed by atoms with Gasteiger partial charge in [-0.2, -0.15) is 4.98 Å². The molecule has 3 aromatic rings. The Morgan fingerprint density at radius 2 is 1.68 bits per heavy atom. The molecule has 25 heavy (non-hydrogen) atoms. The maximum atomic E-state index is 11.5. The molecule has 1 aromatic heterocycles. The van der Waals surface area contributed by atoms with Gasteiger partial charge in [-0.15, -0.1) is 0 Å². The summed E-state index contributed by atoms with van der Waals surface area (Å²) in [7, 11) is 3.38. The van der Waals surface area contributed by atoms with Crippen LogP contribution >= 0.6 is 0 Å². The van der Waals surface area contributed by atoms with Crippen molar-refractivity contribution in [1.29, 1.82) is 0 Å². The van der Waals surface area contributed by atoms with E-state index in [1.165, 1.54) is 10.5 Å². The zero-order valence-corrected chi connectivity index (χ0v) is 14.4. The van der Waals surface area contributed by atoms with Gasteiger partial charge in [-0.3, -0.25) is 4.79 Å². The quantitative estimate of drug-likeness (QED) is 0.715. The van der Waals surface area contributed by atoms with Crippen molar-refractivity contribution in [3.63, 3.8) is 0 Å². The van der Waals surface area contributed by atoms with Crippen molar-refractivity contribution in [3.05, 3.63) is 54.1 Å². The van der Waals surface area contributed by atoms with Gasteiger partial charge in [0.15, 0.2) is 6.61 Å². The summed E-state index contributed by atoms with van der Waals surface area (Å²) in [4.78, 5) is 17.4. The molecule has 0 saturated heterocycles. The van der Waals surface area contributed by atoms with Crippen molar-refractivity contribution in [2.24, 2.45) is 0 Å². The topological polar surface area (TPSA) is 68.5 Å². The highest BCUT2D eigenvalue weighted by Crippen LogP contribution is 2.24. The summed E-state index contributed by atoms with van der Waals surface area (Å²) in [6, 6.07) is 15.1. The fourth-order valence-corrected chi connectivity index (χ4v) is 2.13. The molecule has 0 spiro atoms. The molecule has 0 aliphatic heterocycles. The van der Waals surface area contributed by atoms with E-state index in [2.05, 4.69) is 10.1 Å². The minimum Gasteiger partial charge on any atom is -0.484 e. The Labute approximate surface area is 146 Å². The molecule has 0 radical (unpaired) electrons. The Bertz CT molecular complexity index is 852. The minimum atomic E-state index is -0.0938. The molecule has 0 aliphatic carbocycles. The van der Waals surface area contributed by atoms with Crippen molar-refractivity contribution in [3.8, 4) is 28.6 Å². The number of benzene rings is 2. The van der Waals surface area contributed by atoms with Gasteiger partial charge in [0.05, 0.1) is 0 Å². The fourth-order valence-electron chi connectivity index (χ4n) is 2.13. The molecule has 1 heterocycles. The van der Waals surface area contributed by atoms with Crippen LogP contribution in [0.3, 0.4) is 0 Å². The van der Waals surface area contributed by atoms with Gasteiger partial charge < -0.3 is 14.2 Å². The molecule has 0 N–H and O–H groups in total. The van der Waals surface area contributed by atoms with Gasteiger partial charge >= 0.3 is 0 Å². The lowest BCUT2D eigenvalue weighted by Crippen LogP contribution is -2.27. The average molecular weight is 337 g/mol. The number of rotatable bonds is 5. The molecular formula is C19H19N3O3. The Morgan fingerprint density at radius 1 is 1.04 bits per heavy atom. The predicted molar refractivity (Wildman–Crippen MR) is 94.1 cm³/mol. The molecule has 0 unspecified atom stereocenters. The number of aryl methyl sites for hydroxylation is 1. The standard InChI is InChI=1S/C19H19N3O3/c1-13-4-6-14(7-5-13)18-20-19(25-21-18)15-8-10-16(11-9-15)24-12-17(23)22(2)3/h4-11H,12H2,1-3H3. The Morgan fingerprint density at radius 3 is 2.32 bits per heavy atom. The summed E-state index contributed by atoms with van der Waals surface area (Å²) in [6.07, 6.45) is 0. The van der Waals surface area contributed by atoms with E-state index in [0.29, 0.717) is 17.5 Å². The lowest BCUT2D eigenvalue weighted by Gasteiger charge is -2.11. The van der Waals surface area contributed by atoms with E-state index in [0.717, 1.165) is 11.1 Å². The molecule has 1 amide bonds. The molecule has 6 heteroatoms. The summed E-state index contributed by atoms with van der Waals surface area (Å²) in [5.74, 6) is 1.50. The molecule has 0 atom stereocenters. The van der Waals surface area contributed by atoms with Gasteiger partial charge in [0, 0.05) is 25.2 Å². The summed E-state index contributed by atoms with van der Waals surface area (Å²) < 4.78 is 10.8. The second-order valence-corrected chi connectivity index (χ2v) is 5.89. The second kappa shape index (κ2) is 7.17. The number of likely N-dealkylation sites (N-methyl/N-ethyl adjacent to an activating group) is 1. The van der Waals surface area contributed by atoms with Gasteiger partial charge in [-0.1, -0.05) is 35.0 Å². The van der Waals surface area contributed by atoms with Crippen LogP contribution in [0.4, 0.5) is 0 Å². The largest absolute Gasteiger partial charge is 0.484 e. The Kier molecular flexibility index (Phi) is 4.79. The third-order valence-electron chi connectivity index (χ3n) is 3.70. The third kappa shape index (κ3) is 4.03. The molecular weight excluding hydrogens is 318 g/mol. The van der Waals surface area contributed by atoms with E-state index in [-0.39, 0.29) is 12.5 Å². The van der Waals surface area contributed by atoms with E-state index in [1.54, 1.807) is 26.2 Å². The van der Waals surface area contributed by atoms with Gasteiger partial charge in [0.2, 0.25) is 5.82 Å². The Balaban J connectivity index is 1.70. The number of hydrogen-bond donors (Lipinski definition) is 0. The highest BCUT2D eigenvalue weighted by molar-refractivity contribution is 5.77. The van der Waals surface area contributed by atoms with Gasteiger partial charge in [-0.05, 0) is 31.2 Å². The van der Waals surface area contributed by atoms with Crippen molar-refractivity contribution >= 4 is 5.91 Å². The zero-order chi connectivity index (χ0) is 17.8. The molecule has 6 nitrogen and oxygen atoms in total. The van der Waals surface area contributed by atoms with Crippen molar-refractivity contribution in [2.45, 2.75) is 6.92 Å². The van der Waals surface area contributed by atoms with Crippen molar-refractivity contribution in [2.75, 3.05) is 20.7 Å². The molecule has 0 saturated carbocycles. The van der Waals surface area contributed by atoms with Crippen LogP contribution in [0.5, 0.6) is 5.75 Å². The number of amides is 1. The highest BCUT2D eigenvalue weighted by Gasteiger charge is 2.11. The number of ether oxygens (including phenoxy) is 1. The normalized spacial score (nSPS) is 10.5. The summed E-state index contributed by atoms with van der Waals surface area (Å²) in [5, 5.41) is 4.03. The molecule has 3 rings (SSSR count). The third-order valence-corrected chi connectivity index (χ3v) is 3.70. The predicted octanol–water partition coefficient (Wildman–Crippen LogP) is 3.18. The first-order chi connectivity index (χ1) is 12.0. The van der Waals surface area contributed by atoms with Crippen LogP contribution in [-0.2, 0) is 4.79 Å². The highest BCUT2D eigenvalue weighted by atomic mass is 16.5. The number of nitrogens with zero attached hydrogens (tertiary/aromatic N) is 3. The molecule has 0 bridgehead atoms. The van der Waals surface area contributed by atoms with E-state index >= 15 is 0 Å². The first-order valence-electron chi connectivity index (χ1n) is 7.87. The number of carbonyl (C=O) groups excluding carboxylic acids is 1. The van der Waals surface area contributed by atoms with Crippen LogP contribution in [0.1, 0.15) is 5.56 Å². The zero-order valence-electron chi connectivity index (χ0n) is 14.4. The fraction of sp³-hybridized carbons (Fsp3) is 0.211. The van der Waals surface area contributed by atoms with Crippen LogP contribution in [0.25, 0.3) is 22.8 Å². The number of aromatic nitrogens is 2. The first-order valence-corrected chi connectivity index (χ1v) is 7.87. The smallest absolute Gasteiger partial charge is 0.259 e. The average Bonchev–Trinajstić information content (AvgIpc) is 3.10. The monoisotopic (exact) mass is 337 g/mol. The van der Waals surface area contributed by atoms with Crippen LogP contribution in [0.2, 0.25) is 0 Å². The van der Waals surface area contributed by atoms with Crippen molar-refractivity contribution in [1.82, 2.24) is 15.0 Å². The molecule has 2 aromatic carbocycles. The van der Waals surface area contributed by atoms with E-state index in [9.17, 15) is 4.79 Å². The van der Waals surface area contributed by atoms with Gasteiger partial charge in [0.1, 0.15) is 5.75 Å². The van der Waals surface area contributed by atoms with E-state index < -0.39 is 0 Å². The van der Waals surface area contributed by atoms with Gasteiger partial charge in [0.25, 0.3) is 11.8 Å². The SMILES string of the molecule is Cc1ccc(-c2noc(-c3ccc(OCC(=O)N(C)C)cc3)n2)cc1. The summed E-state index contributed by atoms with van der Waals surface area (Å²) in [6.45, 7) is 2.03. The van der Waals surface area contributed by atoms with Crippen molar-refractivity contribution < 1.29 is 14.1 Å². The maximum Gasteiger partial charge on any atom is 0.259 e. The van der Waals surface area contributed by atoms with Crippen LogP contribution in [-0.4, -0.2) is 41.6 Å². The molecule has 128 valence electrons. The maximum absolute atomic E-state index is 11.5. The molecule has 0 aliphatic rings. The van der Waals surface area contributed by atoms with E-state index in [4.69, 9.17) is 9.26 Å². The molecule has 0 fully saturated rings.